The Kier molecular flexibility index (Phi) is 2.15. The van der Waals surface area contributed by atoms with E-state index < -0.39 is 0 Å². The van der Waals surface area contributed by atoms with Crippen LogP contribution in [0.15, 0.2) is 35.7 Å². The molecule has 13 heavy (non-hydrogen) atoms. The van der Waals surface area contributed by atoms with Crippen LogP contribution in [0.1, 0.15) is 5.56 Å². The maximum absolute atomic E-state index is 12.6. The van der Waals surface area contributed by atoms with Gasteiger partial charge in [-0.15, -0.1) is 11.3 Å². The molecule has 0 radical (unpaired) electrons. The Morgan fingerprint density at radius 2 is 1.85 bits per heavy atom. The molecule has 1 aromatic heterocycles. The van der Waals surface area contributed by atoms with E-state index in [9.17, 15) is 4.39 Å². The smallest absolute Gasteiger partial charge is 0.123 e. The second-order valence-electron chi connectivity index (χ2n) is 3.00. The zero-order valence-electron chi connectivity index (χ0n) is 7.25. The van der Waals surface area contributed by atoms with E-state index in [0.29, 0.717) is 0 Å². The number of thiophene rings is 1. The predicted octanol–water partition coefficient (Wildman–Crippen LogP) is 3.86. The van der Waals surface area contributed by atoms with E-state index in [4.69, 9.17) is 0 Å². The molecule has 2 rings (SSSR count). The van der Waals surface area contributed by atoms with Crippen molar-refractivity contribution in [1.82, 2.24) is 0 Å². The molecule has 0 atom stereocenters. The average Bonchev–Trinajstić information content (AvgIpc) is 2.53. The van der Waals surface area contributed by atoms with E-state index in [1.54, 1.807) is 23.5 Å². The summed E-state index contributed by atoms with van der Waals surface area (Å²) in [6.07, 6.45) is 0. The van der Waals surface area contributed by atoms with E-state index in [1.807, 2.05) is 0 Å². The highest BCUT2D eigenvalue weighted by atomic mass is 32.1. The van der Waals surface area contributed by atoms with E-state index in [-0.39, 0.29) is 5.82 Å². The first-order valence-corrected chi connectivity index (χ1v) is 4.95. The standard InChI is InChI=1S/C11H9FS/c1-8-6-11(13-7-8)9-2-4-10(12)5-3-9/h2-7H,1H3. The Hall–Kier alpha value is -1.15. The highest BCUT2D eigenvalue weighted by molar-refractivity contribution is 7.13. The van der Waals surface area contributed by atoms with Crippen molar-refractivity contribution in [3.63, 3.8) is 0 Å². The number of hydrogen-bond acceptors (Lipinski definition) is 1. The summed E-state index contributed by atoms with van der Waals surface area (Å²) in [7, 11) is 0. The molecule has 0 bridgehead atoms. The molecule has 0 aliphatic heterocycles. The van der Waals surface area contributed by atoms with Crippen LogP contribution in [0.3, 0.4) is 0 Å². The number of rotatable bonds is 1. The first kappa shape index (κ1) is 8.45. The van der Waals surface area contributed by atoms with Crippen molar-refractivity contribution in [2.75, 3.05) is 0 Å². The van der Waals surface area contributed by atoms with Gasteiger partial charge in [0.2, 0.25) is 0 Å². The first-order valence-electron chi connectivity index (χ1n) is 4.07. The minimum absolute atomic E-state index is 0.183. The van der Waals surface area contributed by atoms with E-state index in [1.165, 1.54) is 22.6 Å². The average molecular weight is 192 g/mol. The van der Waals surface area contributed by atoms with Crippen LogP contribution in [0.4, 0.5) is 4.39 Å². The SMILES string of the molecule is Cc1csc(-c2ccc(F)cc2)c1. The van der Waals surface area contributed by atoms with Gasteiger partial charge in [-0.05, 0) is 41.6 Å². The molecule has 0 nitrogen and oxygen atoms in total. The molecule has 1 heterocycles. The Morgan fingerprint density at radius 1 is 1.15 bits per heavy atom. The van der Waals surface area contributed by atoms with Crippen LogP contribution in [0.25, 0.3) is 10.4 Å². The van der Waals surface area contributed by atoms with E-state index in [2.05, 4.69) is 18.4 Å². The highest BCUT2D eigenvalue weighted by Gasteiger charge is 1.99. The molecule has 0 aliphatic rings. The minimum Gasteiger partial charge on any atom is -0.207 e. The van der Waals surface area contributed by atoms with E-state index in [0.717, 1.165) is 5.56 Å². The molecule has 66 valence electrons. The molecule has 0 saturated carbocycles. The molecule has 0 unspecified atom stereocenters. The van der Waals surface area contributed by atoms with Gasteiger partial charge in [-0.2, -0.15) is 0 Å². The third kappa shape index (κ3) is 1.78. The summed E-state index contributed by atoms with van der Waals surface area (Å²) in [5.41, 5.74) is 2.34. The lowest BCUT2D eigenvalue weighted by Gasteiger charge is -1.95. The molecule has 2 aromatic rings. The summed E-state index contributed by atoms with van der Waals surface area (Å²) in [5.74, 6) is -0.183. The van der Waals surface area contributed by atoms with Crippen LogP contribution in [0.2, 0.25) is 0 Å². The van der Waals surface area contributed by atoms with Gasteiger partial charge in [-0.1, -0.05) is 12.1 Å². The lowest BCUT2D eigenvalue weighted by Crippen LogP contribution is -1.73. The number of halogens is 1. The number of aryl methyl sites for hydroxylation is 1. The van der Waals surface area contributed by atoms with Crippen LogP contribution in [-0.4, -0.2) is 0 Å². The van der Waals surface area contributed by atoms with Gasteiger partial charge in [0.05, 0.1) is 0 Å². The molecular weight excluding hydrogens is 183 g/mol. The summed E-state index contributed by atoms with van der Waals surface area (Å²) < 4.78 is 12.6. The summed E-state index contributed by atoms with van der Waals surface area (Å²) in [5, 5.41) is 2.10. The first-order chi connectivity index (χ1) is 6.25. The van der Waals surface area contributed by atoms with Gasteiger partial charge in [0.15, 0.2) is 0 Å². The second kappa shape index (κ2) is 3.30. The molecular formula is C11H9FS. The number of hydrogen-bond donors (Lipinski definition) is 0. The molecule has 0 spiro atoms. The topological polar surface area (TPSA) is 0 Å². The van der Waals surface area contributed by atoms with Gasteiger partial charge in [-0.3, -0.25) is 0 Å². The third-order valence-corrected chi connectivity index (χ3v) is 2.96. The van der Waals surface area contributed by atoms with Crippen LogP contribution >= 0.6 is 11.3 Å². The van der Waals surface area contributed by atoms with Crippen LogP contribution in [-0.2, 0) is 0 Å². The molecule has 0 fully saturated rings. The van der Waals surface area contributed by atoms with Crippen LogP contribution in [0, 0.1) is 12.7 Å². The molecule has 0 amide bonds. The maximum Gasteiger partial charge on any atom is 0.123 e. The fourth-order valence-electron chi connectivity index (χ4n) is 1.20. The molecule has 2 heteroatoms. The fraction of sp³-hybridized carbons (Fsp3) is 0.0909. The van der Waals surface area contributed by atoms with Crippen molar-refractivity contribution in [3.8, 4) is 10.4 Å². The number of benzene rings is 1. The summed E-state index contributed by atoms with van der Waals surface area (Å²) in [6.45, 7) is 2.06. The lowest BCUT2D eigenvalue weighted by atomic mass is 10.2. The fourth-order valence-corrected chi connectivity index (χ4v) is 2.10. The van der Waals surface area contributed by atoms with Crippen molar-refractivity contribution in [1.29, 1.82) is 0 Å². The molecule has 0 saturated heterocycles. The lowest BCUT2D eigenvalue weighted by molar-refractivity contribution is 0.628. The second-order valence-corrected chi connectivity index (χ2v) is 3.91. The van der Waals surface area contributed by atoms with Crippen molar-refractivity contribution in [2.24, 2.45) is 0 Å². The van der Waals surface area contributed by atoms with Gasteiger partial charge in [-0.25, -0.2) is 4.39 Å². The predicted molar refractivity (Wildman–Crippen MR) is 54.5 cm³/mol. The third-order valence-electron chi connectivity index (χ3n) is 1.86. The minimum atomic E-state index is -0.183. The molecule has 1 aromatic carbocycles. The summed E-state index contributed by atoms with van der Waals surface area (Å²) >= 11 is 1.69. The summed E-state index contributed by atoms with van der Waals surface area (Å²) in [6, 6.07) is 8.70. The van der Waals surface area contributed by atoms with Gasteiger partial charge in [0.25, 0.3) is 0 Å². The molecule has 0 aliphatic carbocycles. The van der Waals surface area contributed by atoms with Crippen molar-refractivity contribution in [2.45, 2.75) is 6.92 Å². The Labute approximate surface area is 80.7 Å². The van der Waals surface area contributed by atoms with Crippen molar-refractivity contribution >= 4 is 11.3 Å². The zero-order chi connectivity index (χ0) is 9.26. The largest absolute Gasteiger partial charge is 0.207 e. The monoisotopic (exact) mass is 192 g/mol. The normalized spacial score (nSPS) is 10.3. The Bertz CT molecular complexity index is 400. The van der Waals surface area contributed by atoms with Crippen LogP contribution < -0.4 is 0 Å². The zero-order valence-corrected chi connectivity index (χ0v) is 8.07. The Balaban J connectivity index is 2.41. The maximum atomic E-state index is 12.6. The molecule has 0 N–H and O–H groups in total. The van der Waals surface area contributed by atoms with Gasteiger partial charge in [0.1, 0.15) is 5.82 Å². The van der Waals surface area contributed by atoms with E-state index >= 15 is 0 Å². The Morgan fingerprint density at radius 3 is 2.38 bits per heavy atom. The highest BCUT2D eigenvalue weighted by Crippen LogP contribution is 2.26. The van der Waals surface area contributed by atoms with Gasteiger partial charge >= 0.3 is 0 Å². The summed E-state index contributed by atoms with van der Waals surface area (Å²) in [4.78, 5) is 1.19. The van der Waals surface area contributed by atoms with Crippen LogP contribution in [0.5, 0.6) is 0 Å². The van der Waals surface area contributed by atoms with Crippen molar-refractivity contribution in [3.05, 3.63) is 47.1 Å². The quantitative estimate of drug-likeness (QED) is 0.643. The van der Waals surface area contributed by atoms with Crippen molar-refractivity contribution < 1.29 is 4.39 Å². The van der Waals surface area contributed by atoms with Gasteiger partial charge in [0, 0.05) is 4.88 Å². The van der Waals surface area contributed by atoms with Gasteiger partial charge < -0.3 is 0 Å².